The second-order valence-corrected chi connectivity index (χ2v) is 14.0. The van der Waals surface area contributed by atoms with E-state index in [1.165, 1.54) is 218 Å². The quantitative estimate of drug-likeness (QED) is 0.0391. The molecule has 0 rings (SSSR count). The maximum atomic E-state index is 11.9. The van der Waals surface area contributed by atoms with E-state index in [-0.39, 0.29) is 5.97 Å². The van der Waals surface area contributed by atoms with Crippen molar-refractivity contribution in [3.63, 3.8) is 0 Å². The van der Waals surface area contributed by atoms with Crippen LogP contribution in [0.5, 0.6) is 0 Å². The lowest BCUT2D eigenvalue weighted by Crippen LogP contribution is -2.02. The molecule has 2 heteroatoms. The van der Waals surface area contributed by atoms with Crippen LogP contribution < -0.4 is 0 Å². The van der Waals surface area contributed by atoms with Crippen LogP contribution in [0.25, 0.3) is 0 Å². The number of carbonyl (C=O) groups excluding carboxylic acids is 1. The third-order valence-corrected chi connectivity index (χ3v) is 9.47. The van der Waals surface area contributed by atoms with E-state index in [0.29, 0.717) is 6.61 Å². The third-order valence-electron chi connectivity index (χ3n) is 9.47. The van der Waals surface area contributed by atoms with Crippen molar-refractivity contribution in [1.29, 1.82) is 0 Å². The van der Waals surface area contributed by atoms with Crippen LogP contribution in [-0.2, 0) is 9.53 Å². The molecule has 0 aromatic rings. The van der Waals surface area contributed by atoms with Gasteiger partial charge in [0.15, 0.2) is 0 Å². The highest BCUT2D eigenvalue weighted by molar-refractivity contribution is 5.81. The van der Waals surface area contributed by atoms with E-state index in [0.717, 1.165) is 12.8 Å². The summed E-state index contributed by atoms with van der Waals surface area (Å²) in [5.74, 6) is -0.149. The standard InChI is InChI=1S/C42H82O2/c1-3-5-7-9-11-13-15-17-19-21-23-24-26-28-30-32-34-36-38-40-42(43)44-41-39-37-35-33-31-29-27-25-22-20-18-16-14-12-10-8-6-4-2/h38,40H,3-37,39,41H2,1-2H3. The van der Waals surface area contributed by atoms with Crippen LogP contribution in [0.4, 0.5) is 0 Å². The minimum absolute atomic E-state index is 0.149. The Kier molecular flexibility index (Phi) is 39.5. The fourth-order valence-electron chi connectivity index (χ4n) is 6.39. The van der Waals surface area contributed by atoms with Gasteiger partial charge >= 0.3 is 5.97 Å². The van der Waals surface area contributed by atoms with Crippen molar-refractivity contribution in [1.82, 2.24) is 0 Å². The molecular formula is C42H82O2. The molecule has 44 heavy (non-hydrogen) atoms. The number of esters is 1. The van der Waals surface area contributed by atoms with Gasteiger partial charge in [0.05, 0.1) is 6.61 Å². The molecule has 0 spiro atoms. The highest BCUT2D eigenvalue weighted by atomic mass is 16.5. The molecule has 0 saturated carbocycles. The molecule has 0 radical (unpaired) electrons. The van der Waals surface area contributed by atoms with Gasteiger partial charge in [-0.05, 0) is 19.3 Å². The average molecular weight is 619 g/mol. The van der Waals surface area contributed by atoms with Crippen molar-refractivity contribution in [3.05, 3.63) is 12.2 Å². The van der Waals surface area contributed by atoms with Crippen LogP contribution in [0.15, 0.2) is 12.2 Å². The molecular weight excluding hydrogens is 536 g/mol. The van der Waals surface area contributed by atoms with Gasteiger partial charge in [0, 0.05) is 6.08 Å². The van der Waals surface area contributed by atoms with Gasteiger partial charge in [0.1, 0.15) is 0 Å². The molecule has 0 aliphatic heterocycles. The molecule has 0 aliphatic carbocycles. The summed E-state index contributed by atoms with van der Waals surface area (Å²) >= 11 is 0. The highest BCUT2D eigenvalue weighted by Gasteiger charge is 1.99. The Balaban J connectivity index is 3.20. The first-order valence-corrected chi connectivity index (χ1v) is 20.6. The molecule has 0 aromatic carbocycles. The Morgan fingerprint density at radius 2 is 0.614 bits per heavy atom. The maximum absolute atomic E-state index is 11.9. The van der Waals surface area contributed by atoms with E-state index >= 15 is 0 Å². The van der Waals surface area contributed by atoms with Crippen molar-refractivity contribution in [3.8, 4) is 0 Å². The first-order chi connectivity index (χ1) is 21.8. The molecule has 0 fully saturated rings. The Labute approximate surface area is 278 Å². The van der Waals surface area contributed by atoms with Crippen molar-refractivity contribution >= 4 is 5.97 Å². The number of rotatable bonds is 38. The lowest BCUT2D eigenvalue weighted by molar-refractivity contribution is -0.137. The summed E-state index contributed by atoms with van der Waals surface area (Å²) < 4.78 is 5.38. The van der Waals surface area contributed by atoms with E-state index < -0.39 is 0 Å². The number of hydrogen-bond donors (Lipinski definition) is 0. The summed E-state index contributed by atoms with van der Waals surface area (Å²) in [6.07, 6.45) is 53.4. The van der Waals surface area contributed by atoms with Crippen LogP contribution in [0.3, 0.4) is 0 Å². The number of allylic oxidation sites excluding steroid dienone is 1. The van der Waals surface area contributed by atoms with E-state index in [4.69, 9.17) is 4.74 Å². The second kappa shape index (κ2) is 40.2. The monoisotopic (exact) mass is 619 g/mol. The Morgan fingerprint density at radius 1 is 0.364 bits per heavy atom. The zero-order chi connectivity index (χ0) is 31.9. The molecule has 262 valence electrons. The SMILES string of the molecule is CCCCCCCCCCCCCCCCCCCC=CC(=O)OCCCCCCCCCCCCCCCCCCCC. The van der Waals surface area contributed by atoms with Gasteiger partial charge in [-0.25, -0.2) is 4.79 Å². The van der Waals surface area contributed by atoms with Gasteiger partial charge < -0.3 is 4.74 Å². The van der Waals surface area contributed by atoms with Gasteiger partial charge in [0.25, 0.3) is 0 Å². The smallest absolute Gasteiger partial charge is 0.330 e. The highest BCUT2D eigenvalue weighted by Crippen LogP contribution is 2.16. The van der Waals surface area contributed by atoms with Crippen molar-refractivity contribution in [2.75, 3.05) is 6.61 Å². The molecule has 0 aliphatic rings. The van der Waals surface area contributed by atoms with Crippen LogP contribution in [0.1, 0.15) is 245 Å². The van der Waals surface area contributed by atoms with Crippen LogP contribution in [0, 0.1) is 0 Å². The van der Waals surface area contributed by atoms with E-state index in [1.54, 1.807) is 6.08 Å². The lowest BCUT2D eigenvalue weighted by atomic mass is 10.0. The molecule has 0 aromatic heterocycles. The lowest BCUT2D eigenvalue weighted by Gasteiger charge is -2.04. The van der Waals surface area contributed by atoms with E-state index in [9.17, 15) is 4.79 Å². The van der Waals surface area contributed by atoms with Gasteiger partial charge in [-0.2, -0.15) is 0 Å². The molecule has 0 amide bonds. The van der Waals surface area contributed by atoms with Crippen LogP contribution in [0.2, 0.25) is 0 Å². The maximum Gasteiger partial charge on any atom is 0.330 e. The van der Waals surface area contributed by atoms with Gasteiger partial charge in [0.2, 0.25) is 0 Å². The molecule has 0 unspecified atom stereocenters. The normalized spacial score (nSPS) is 11.6. The molecule has 0 N–H and O–H groups in total. The Hall–Kier alpha value is -0.790. The first kappa shape index (κ1) is 43.2. The van der Waals surface area contributed by atoms with Crippen molar-refractivity contribution in [2.45, 2.75) is 245 Å². The fourth-order valence-corrected chi connectivity index (χ4v) is 6.39. The number of carbonyl (C=O) groups is 1. The predicted molar refractivity (Wildman–Crippen MR) is 198 cm³/mol. The van der Waals surface area contributed by atoms with E-state index in [1.807, 2.05) is 6.08 Å². The van der Waals surface area contributed by atoms with Gasteiger partial charge in [-0.3, -0.25) is 0 Å². The van der Waals surface area contributed by atoms with Gasteiger partial charge in [-0.1, -0.05) is 232 Å². The summed E-state index contributed by atoms with van der Waals surface area (Å²) in [5.41, 5.74) is 0. The summed E-state index contributed by atoms with van der Waals surface area (Å²) in [6, 6.07) is 0. The zero-order valence-electron chi connectivity index (χ0n) is 30.6. The van der Waals surface area contributed by atoms with Crippen LogP contribution >= 0.6 is 0 Å². The minimum atomic E-state index is -0.149. The number of ether oxygens (including phenoxy) is 1. The van der Waals surface area contributed by atoms with E-state index in [2.05, 4.69) is 13.8 Å². The Morgan fingerprint density at radius 3 is 0.909 bits per heavy atom. The average Bonchev–Trinajstić information content (AvgIpc) is 3.03. The minimum Gasteiger partial charge on any atom is -0.463 e. The number of hydrogen-bond acceptors (Lipinski definition) is 2. The summed E-state index contributed by atoms with van der Waals surface area (Å²) in [7, 11) is 0. The van der Waals surface area contributed by atoms with Crippen molar-refractivity contribution < 1.29 is 9.53 Å². The third kappa shape index (κ3) is 39.2. The molecule has 2 nitrogen and oxygen atoms in total. The molecule has 0 saturated heterocycles. The second-order valence-electron chi connectivity index (χ2n) is 14.0. The first-order valence-electron chi connectivity index (χ1n) is 20.6. The number of unbranched alkanes of at least 4 members (excludes halogenated alkanes) is 34. The molecule has 0 heterocycles. The Bertz CT molecular complexity index is 554. The largest absolute Gasteiger partial charge is 0.463 e. The van der Waals surface area contributed by atoms with Crippen LogP contribution in [-0.4, -0.2) is 12.6 Å². The summed E-state index contributed by atoms with van der Waals surface area (Å²) in [6.45, 7) is 5.17. The molecule has 0 atom stereocenters. The summed E-state index contributed by atoms with van der Waals surface area (Å²) in [4.78, 5) is 11.9. The topological polar surface area (TPSA) is 26.3 Å². The predicted octanol–water partition coefficient (Wildman–Crippen LogP) is 15.2. The van der Waals surface area contributed by atoms with Crippen molar-refractivity contribution in [2.24, 2.45) is 0 Å². The zero-order valence-corrected chi connectivity index (χ0v) is 30.6. The van der Waals surface area contributed by atoms with Gasteiger partial charge in [-0.15, -0.1) is 0 Å². The fraction of sp³-hybridized carbons (Fsp3) is 0.929. The molecule has 0 bridgehead atoms. The summed E-state index contributed by atoms with van der Waals surface area (Å²) in [5, 5.41) is 0.